The molecule has 2 rings (SSSR count). The summed E-state index contributed by atoms with van der Waals surface area (Å²) in [4.78, 5) is 27.5. The van der Waals surface area contributed by atoms with Gasteiger partial charge in [-0.1, -0.05) is 0 Å². The molecule has 8 heteroatoms. The zero-order valence-electron chi connectivity index (χ0n) is 13.2. The number of amides is 2. The molecule has 1 aromatic carbocycles. The summed E-state index contributed by atoms with van der Waals surface area (Å²) >= 11 is 0. The van der Waals surface area contributed by atoms with Crippen molar-refractivity contribution in [2.45, 2.75) is 11.3 Å². The van der Waals surface area contributed by atoms with E-state index < -0.39 is 15.9 Å². The summed E-state index contributed by atoms with van der Waals surface area (Å²) in [6.07, 6.45) is 1.40. The first-order valence-corrected chi connectivity index (χ1v) is 9.14. The Morgan fingerprint density at radius 3 is 2.13 bits per heavy atom. The number of hydrogen-bond acceptors (Lipinski definition) is 5. The summed E-state index contributed by atoms with van der Waals surface area (Å²) in [7, 11) is -1.95. The lowest BCUT2D eigenvalue weighted by molar-refractivity contribution is 0.0757. The van der Waals surface area contributed by atoms with Crippen LogP contribution in [0.4, 0.5) is 4.79 Å². The van der Waals surface area contributed by atoms with Crippen molar-refractivity contribution < 1.29 is 22.7 Å². The van der Waals surface area contributed by atoms with Gasteiger partial charge in [0.25, 0.3) is 5.91 Å². The summed E-state index contributed by atoms with van der Waals surface area (Å²) < 4.78 is 27.6. The van der Waals surface area contributed by atoms with Crippen LogP contribution >= 0.6 is 0 Å². The molecule has 0 bridgehead atoms. The molecule has 0 aliphatic carbocycles. The Labute approximate surface area is 135 Å². The van der Waals surface area contributed by atoms with Gasteiger partial charge >= 0.3 is 6.09 Å². The molecular formula is C15H20N2O5S. The van der Waals surface area contributed by atoms with E-state index in [0.29, 0.717) is 38.2 Å². The highest BCUT2D eigenvalue weighted by molar-refractivity contribution is 7.90. The van der Waals surface area contributed by atoms with E-state index in [-0.39, 0.29) is 10.8 Å². The van der Waals surface area contributed by atoms with Crippen LogP contribution in [-0.2, 0) is 14.6 Å². The average Bonchev–Trinajstić information content (AvgIpc) is 2.78. The van der Waals surface area contributed by atoms with Crippen molar-refractivity contribution in [3.05, 3.63) is 29.8 Å². The summed E-state index contributed by atoms with van der Waals surface area (Å²) in [5.74, 6) is -0.170. The van der Waals surface area contributed by atoms with Crippen LogP contribution in [-0.4, -0.2) is 69.8 Å². The van der Waals surface area contributed by atoms with Gasteiger partial charge in [0.05, 0.1) is 12.0 Å². The number of sulfone groups is 1. The van der Waals surface area contributed by atoms with Gasteiger partial charge in [-0.15, -0.1) is 0 Å². The molecule has 0 spiro atoms. The number of methoxy groups -OCH3 is 1. The molecular weight excluding hydrogens is 320 g/mol. The second kappa shape index (κ2) is 6.99. The molecule has 1 aliphatic heterocycles. The normalized spacial score (nSPS) is 15.9. The Morgan fingerprint density at radius 2 is 1.57 bits per heavy atom. The fourth-order valence-electron chi connectivity index (χ4n) is 2.46. The number of benzene rings is 1. The minimum atomic E-state index is -3.28. The highest BCUT2D eigenvalue weighted by atomic mass is 32.2. The predicted octanol–water partition coefficient (Wildman–Crippen LogP) is 1.00. The summed E-state index contributed by atoms with van der Waals surface area (Å²) in [6.45, 7) is 1.92. The van der Waals surface area contributed by atoms with E-state index in [2.05, 4.69) is 0 Å². The number of carbonyl (C=O) groups excluding carboxylic acids is 2. The van der Waals surface area contributed by atoms with Gasteiger partial charge in [0.1, 0.15) is 0 Å². The van der Waals surface area contributed by atoms with Crippen LogP contribution in [0.15, 0.2) is 29.2 Å². The Balaban J connectivity index is 2.07. The zero-order valence-corrected chi connectivity index (χ0v) is 14.0. The SMILES string of the molecule is COC(=O)N1CCCN(C(=O)c2ccc(S(C)(=O)=O)cc2)CC1. The Morgan fingerprint density at radius 1 is 1.00 bits per heavy atom. The molecule has 0 aromatic heterocycles. The fraction of sp³-hybridized carbons (Fsp3) is 0.467. The fourth-order valence-corrected chi connectivity index (χ4v) is 3.09. The van der Waals surface area contributed by atoms with Crippen molar-refractivity contribution in [2.24, 2.45) is 0 Å². The number of ether oxygens (including phenoxy) is 1. The van der Waals surface area contributed by atoms with Gasteiger partial charge in [-0.05, 0) is 30.7 Å². The predicted molar refractivity (Wildman–Crippen MR) is 84.1 cm³/mol. The van der Waals surface area contributed by atoms with Gasteiger partial charge in [-0.2, -0.15) is 0 Å². The molecule has 0 saturated carbocycles. The summed E-state index contributed by atoms with van der Waals surface area (Å²) in [6, 6.07) is 5.89. The van der Waals surface area contributed by atoms with Crippen LogP contribution < -0.4 is 0 Å². The monoisotopic (exact) mass is 340 g/mol. The Hall–Kier alpha value is -2.09. The van der Waals surface area contributed by atoms with Crippen molar-refractivity contribution in [2.75, 3.05) is 39.5 Å². The zero-order chi connectivity index (χ0) is 17.0. The lowest BCUT2D eigenvalue weighted by Crippen LogP contribution is -2.37. The molecule has 1 saturated heterocycles. The van der Waals surface area contributed by atoms with Gasteiger partial charge in [-0.3, -0.25) is 4.79 Å². The average molecular weight is 340 g/mol. The molecule has 0 N–H and O–H groups in total. The molecule has 0 atom stereocenters. The second-order valence-electron chi connectivity index (χ2n) is 5.40. The molecule has 23 heavy (non-hydrogen) atoms. The van der Waals surface area contributed by atoms with E-state index >= 15 is 0 Å². The van der Waals surface area contributed by atoms with E-state index in [0.717, 1.165) is 6.26 Å². The maximum Gasteiger partial charge on any atom is 0.409 e. The van der Waals surface area contributed by atoms with Gasteiger partial charge in [0.2, 0.25) is 0 Å². The van der Waals surface area contributed by atoms with E-state index in [1.54, 1.807) is 9.80 Å². The minimum absolute atomic E-state index is 0.170. The molecule has 1 fully saturated rings. The first-order valence-electron chi connectivity index (χ1n) is 7.25. The number of carbonyl (C=O) groups is 2. The number of nitrogens with zero attached hydrogens (tertiary/aromatic N) is 2. The molecule has 1 aliphatic rings. The molecule has 7 nitrogen and oxygen atoms in total. The number of rotatable bonds is 2. The summed E-state index contributed by atoms with van der Waals surface area (Å²) in [5, 5.41) is 0. The Kier molecular flexibility index (Phi) is 5.25. The third-order valence-electron chi connectivity index (χ3n) is 3.75. The van der Waals surface area contributed by atoms with Crippen LogP contribution in [0.2, 0.25) is 0 Å². The first kappa shape index (κ1) is 17.3. The third-order valence-corrected chi connectivity index (χ3v) is 4.87. The first-order chi connectivity index (χ1) is 10.8. The van der Waals surface area contributed by atoms with Crippen LogP contribution in [0.3, 0.4) is 0 Å². The third kappa shape index (κ3) is 4.22. The van der Waals surface area contributed by atoms with Crippen molar-refractivity contribution in [1.29, 1.82) is 0 Å². The van der Waals surface area contributed by atoms with Crippen LogP contribution in [0, 0.1) is 0 Å². The van der Waals surface area contributed by atoms with Gasteiger partial charge in [0, 0.05) is 38.0 Å². The second-order valence-corrected chi connectivity index (χ2v) is 7.42. The van der Waals surface area contributed by atoms with E-state index in [1.807, 2.05) is 0 Å². The topological polar surface area (TPSA) is 84.0 Å². The lowest BCUT2D eigenvalue weighted by Gasteiger charge is -2.21. The van der Waals surface area contributed by atoms with Crippen molar-refractivity contribution in [3.8, 4) is 0 Å². The molecule has 0 unspecified atom stereocenters. The van der Waals surface area contributed by atoms with Crippen LogP contribution in [0.1, 0.15) is 16.8 Å². The molecule has 1 aromatic rings. The van der Waals surface area contributed by atoms with Crippen molar-refractivity contribution in [3.63, 3.8) is 0 Å². The maximum atomic E-state index is 12.5. The largest absolute Gasteiger partial charge is 0.453 e. The van der Waals surface area contributed by atoms with Crippen LogP contribution in [0.5, 0.6) is 0 Å². The molecule has 2 amide bonds. The summed E-state index contributed by atoms with van der Waals surface area (Å²) in [5.41, 5.74) is 0.434. The molecule has 1 heterocycles. The van der Waals surface area contributed by atoms with Gasteiger partial charge in [0.15, 0.2) is 9.84 Å². The quantitative estimate of drug-likeness (QED) is 0.802. The standard InChI is InChI=1S/C15H20N2O5S/c1-22-15(19)17-9-3-8-16(10-11-17)14(18)12-4-6-13(7-5-12)23(2,20)21/h4-7H,3,8-11H2,1-2H3. The minimum Gasteiger partial charge on any atom is -0.453 e. The van der Waals surface area contributed by atoms with E-state index in [4.69, 9.17) is 4.74 Å². The maximum absolute atomic E-state index is 12.5. The van der Waals surface area contributed by atoms with Gasteiger partial charge in [-0.25, -0.2) is 13.2 Å². The highest BCUT2D eigenvalue weighted by Crippen LogP contribution is 2.14. The van der Waals surface area contributed by atoms with Crippen molar-refractivity contribution >= 4 is 21.8 Å². The smallest absolute Gasteiger partial charge is 0.409 e. The lowest BCUT2D eigenvalue weighted by atomic mass is 10.2. The Bertz CT molecular complexity index is 684. The van der Waals surface area contributed by atoms with Crippen LogP contribution in [0.25, 0.3) is 0 Å². The highest BCUT2D eigenvalue weighted by Gasteiger charge is 2.23. The van der Waals surface area contributed by atoms with E-state index in [9.17, 15) is 18.0 Å². The molecule has 126 valence electrons. The van der Waals surface area contributed by atoms with Crippen molar-refractivity contribution in [1.82, 2.24) is 9.80 Å². The van der Waals surface area contributed by atoms with Gasteiger partial charge < -0.3 is 14.5 Å². The van der Waals surface area contributed by atoms with E-state index in [1.165, 1.54) is 31.4 Å². The number of hydrogen-bond donors (Lipinski definition) is 0. The molecule has 0 radical (unpaired) electrons.